The molecule has 4 atom stereocenters. The lowest BCUT2D eigenvalue weighted by atomic mass is 10.00. The predicted molar refractivity (Wildman–Crippen MR) is 141 cm³/mol. The molecule has 3 aromatic rings. The molecule has 218 valence electrons. The van der Waals surface area contributed by atoms with Gasteiger partial charge in [-0.2, -0.15) is 0 Å². The molecule has 1 fully saturated rings. The highest BCUT2D eigenvalue weighted by atomic mass is 32.2. The maximum Gasteiger partial charge on any atom is 0.578 e. The van der Waals surface area contributed by atoms with Crippen LogP contribution >= 0.6 is 0 Å². The van der Waals surface area contributed by atoms with Gasteiger partial charge in [0.05, 0.1) is 28.3 Å². The summed E-state index contributed by atoms with van der Waals surface area (Å²) in [6.45, 7) is 0. The normalized spacial score (nSPS) is 20.0. The molecule has 1 saturated heterocycles. The number of carboxylic acid groups (broad SMARTS) is 1. The Morgan fingerprint density at radius 1 is 0.976 bits per heavy atom. The molecule has 2 bridgehead atoms. The lowest BCUT2D eigenvalue weighted by Crippen LogP contribution is -2.54. The summed E-state index contributed by atoms with van der Waals surface area (Å²) >= 11 is -3.31. The quantitative estimate of drug-likeness (QED) is 0.195. The molecule has 4 unspecified atom stereocenters. The number of hydrogen-bond donors (Lipinski definition) is 3. The Hall–Kier alpha value is -4.43. The van der Waals surface area contributed by atoms with Gasteiger partial charge in [-0.3, -0.25) is 9.69 Å². The van der Waals surface area contributed by atoms with Crippen LogP contribution in [-0.2, 0) is 11.2 Å². The highest BCUT2D eigenvalue weighted by Crippen LogP contribution is 2.37. The van der Waals surface area contributed by atoms with Crippen LogP contribution in [0, 0.1) is 17.6 Å². The number of benzene rings is 3. The van der Waals surface area contributed by atoms with Crippen LogP contribution in [0.25, 0.3) is 11.1 Å². The zero-order chi connectivity index (χ0) is 30.3. The van der Waals surface area contributed by atoms with Crippen molar-refractivity contribution in [1.29, 1.82) is 0 Å². The first-order valence-corrected chi connectivity index (χ1v) is 13.5. The molecule has 14 heteroatoms. The van der Waals surface area contributed by atoms with E-state index in [1.54, 1.807) is 12.2 Å². The van der Waals surface area contributed by atoms with Crippen LogP contribution in [0.3, 0.4) is 0 Å². The standard InChI is InChI=1S/C28H20F5N3O5S/c29-22-13-23(30)21(12-20(22)14-4-6-15(7-5-14)26(38)39)25(37)35-24-16-8-9-18(10-16)36(24)27(40)34-17-2-1-3-19(11-17)42(41)28(31,32)33/h1-9,11-13,16,18,24H,10H2,(H,34,40)(H,35,37)(H,38,39). The van der Waals surface area contributed by atoms with Crippen molar-refractivity contribution in [1.82, 2.24) is 10.2 Å². The summed E-state index contributed by atoms with van der Waals surface area (Å²) < 4.78 is 79.8. The van der Waals surface area contributed by atoms with E-state index in [-0.39, 0.29) is 28.3 Å². The highest BCUT2D eigenvalue weighted by Gasteiger charge is 2.47. The molecule has 3 N–H and O–H groups in total. The summed E-state index contributed by atoms with van der Waals surface area (Å²) in [5, 5.41) is 14.1. The number of carboxylic acids is 1. The minimum atomic E-state index is -4.99. The van der Waals surface area contributed by atoms with Gasteiger partial charge in [0.15, 0.2) is 4.90 Å². The summed E-state index contributed by atoms with van der Waals surface area (Å²) in [6, 6.07) is 9.80. The van der Waals surface area contributed by atoms with Crippen LogP contribution in [0.1, 0.15) is 27.1 Å². The van der Waals surface area contributed by atoms with Crippen LogP contribution in [-0.4, -0.2) is 50.2 Å². The Labute approximate surface area is 238 Å². The van der Waals surface area contributed by atoms with Gasteiger partial charge in [0, 0.05) is 29.3 Å². The molecule has 3 aromatic carbocycles. The monoisotopic (exact) mass is 605 g/mol. The Bertz CT molecular complexity index is 1600. The first kappa shape index (κ1) is 29.1. The van der Waals surface area contributed by atoms with Gasteiger partial charge in [0.25, 0.3) is 5.91 Å². The van der Waals surface area contributed by atoms with Crippen LogP contribution in [0.5, 0.6) is 0 Å². The van der Waals surface area contributed by atoms with Crippen LogP contribution in [0.2, 0.25) is 0 Å². The molecule has 3 amide bonds. The number of nitrogens with one attached hydrogen (secondary N) is 2. The van der Waals surface area contributed by atoms with E-state index in [0.29, 0.717) is 12.5 Å². The summed E-state index contributed by atoms with van der Waals surface area (Å²) in [4.78, 5) is 38.2. The van der Waals surface area contributed by atoms with Crippen molar-refractivity contribution >= 4 is 34.8 Å². The summed E-state index contributed by atoms with van der Waals surface area (Å²) in [7, 11) is 0. The number of anilines is 1. The number of fused-ring (bicyclic) bond motifs is 2. The third kappa shape index (κ3) is 5.67. The minimum absolute atomic E-state index is 0.0534. The average molecular weight is 606 g/mol. The topological polar surface area (TPSA) is 122 Å². The number of carbonyl (C=O) groups excluding carboxylic acids is 2. The molecule has 0 radical (unpaired) electrons. The van der Waals surface area contributed by atoms with Gasteiger partial charge in [-0.1, -0.05) is 30.4 Å². The maximum absolute atomic E-state index is 14.8. The SMILES string of the molecule is O=C(O)c1ccc(-c2cc(C(=O)NC3C4C=CC(C4)N3C(=O)Nc3cccc([S+]([O-])C(F)(F)F)c3)c(F)cc2F)cc1. The first-order chi connectivity index (χ1) is 19.8. The molecule has 1 heterocycles. The lowest BCUT2D eigenvalue weighted by molar-refractivity contribution is -0.0435. The molecule has 5 rings (SSSR count). The zero-order valence-corrected chi connectivity index (χ0v) is 22.0. The van der Waals surface area contributed by atoms with Gasteiger partial charge in [-0.25, -0.2) is 18.4 Å². The van der Waals surface area contributed by atoms with Crippen molar-refractivity contribution < 1.29 is 46.0 Å². The van der Waals surface area contributed by atoms with Crippen LogP contribution in [0.4, 0.5) is 32.4 Å². The highest BCUT2D eigenvalue weighted by molar-refractivity contribution is 7.92. The number of nitrogens with zero attached hydrogens (tertiary/aromatic N) is 1. The van der Waals surface area contributed by atoms with Crippen molar-refractivity contribution in [3.8, 4) is 11.1 Å². The van der Waals surface area contributed by atoms with Crippen LogP contribution < -0.4 is 10.6 Å². The van der Waals surface area contributed by atoms with E-state index in [9.17, 15) is 40.9 Å². The Morgan fingerprint density at radius 2 is 1.69 bits per heavy atom. The molecule has 2 aliphatic rings. The molecule has 1 aliphatic heterocycles. The van der Waals surface area contributed by atoms with Crippen molar-refractivity contribution in [2.24, 2.45) is 5.92 Å². The van der Waals surface area contributed by atoms with E-state index in [0.717, 1.165) is 18.2 Å². The molecule has 1 aliphatic carbocycles. The molecule has 42 heavy (non-hydrogen) atoms. The predicted octanol–water partition coefficient (Wildman–Crippen LogP) is 5.51. The van der Waals surface area contributed by atoms with E-state index in [2.05, 4.69) is 10.6 Å². The lowest BCUT2D eigenvalue weighted by Gasteiger charge is -2.33. The third-order valence-electron chi connectivity index (χ3n) is 6.92. The van der Waals surface area contributed by atoms with Crippen molar-refractivity contribution in [2.45, 2.75) is 29.0 Å². The molecular weight excluding hydrogens is 585 g/mol. The molecule has 0 spiro atoms. The van der Waals surface area contributed by atoms with Gasteiger partial charge in [-0.15, -0.1) is 13.2 Å². The van der Waals surface area contributed by atoms with Gasteiger partial charge in [0.2, 0.25) is 0 Å². The van der Waals surface area contributed by atoms with E-state index >= 15 is 0 Å². The Morgan fingerprint density at radius 3 is 2.36 bits per heavy atom. The smallest absolute Gasteiger partial charge is 0.578 e. The second-order valence-corrected chi connectivity index (χ2v) is 11.0. The number of urea groups is 1. The second-order valence-electron chi connectivity index (χ2n) is 9.54. The second kappa shape index (κ2) is 11.1. The van der Waals surface area contributed by atoms with Gasteiger partial charge in [-0.05, 0) is 42.3 Å². The van der Waals surface area contributed by atoms with Gasteiger partial charge >= 0.3 is 17.5 Å². The fourth-order valence-corrected chi connectivity index (χ4v) is 5.68. The van der Waals surface area contributed by atoms with Crippen molar-refractivity contribution in [3.63, 3.8) is 0 Å². The van der Waals surface area contributed by atoms with E-state index in [1.165, 1.54) is 41.3 Å². The largest absolute Gasteiger partial charge is 0.604 e. The number of aromatic carboxylic acids is 1. The van der Waals surface area contributed by atoms with Gasteiger partial charge < -0.3 is 20.3 Å². The summed E-state index contributed by atoms with van der Waals surface area (Å²) in [5.74, 6) is -4.66. The maximum atomic E-state index is 14.8. The van der Waals surface area contributed by atoms with Crippen molar-refractivity contribution in [3.05, 3.63) is 95.6 Å². The number of alkyl halides is 3. The van der Waals surface area contributed by atoms with Gasteiger partial charge in [0.1, 0.15) is 17.8 Å². The molecule has 0 aromatic heterocycles. The number of rotatable bonds is 6. The molecule has 0 saturated carbocycles. The summed E-state index contributed by atoms with van der Waals surface area (Å²) in [6.07, 6.45) is 2.94. The molecular formula is C28H20F5N3O5S. The number of carbonyl (C=O) groups is 3. The number of hydrogen-bond acceptors (Lipinski definition) is 4. The van der Waals surface area contributed by atoms with Crippen molar-refractivity contribution in [2.75, 3.05) is 5.32 Å². The number of amides is 3. The molecule has 8 nitrogen and oxygen atoms in total. The fourth-order valence-electron chi connectivity index (χ4n) is 4.97. The third-order valence-corrected chi connectivity index (χ3v) is 8.03. The summed E-state index contributed by atoms with van der Waals surface area (Å²) in [5.41, 5.74) is -5.59. The average Bonchev–Trinajstić information content (AvgIpc) is 3.54. The van der Waals surface area contributed by atoms with Crippen LogP contribution in [0.15, 0.2) is 77.7 Å². The number of likely N-dealkylation sites (tertiary alicyclic amines) is 1. The number of halogens is 5. The fraction of sp³-hybridized carbons (Fsp3) is 0.179. The zero-order valence-electron chi connectivity index (χ0n) is 21.2. The first-order valence-electron chi connectivity index (χ1n) is 12.3. The van der Waals surface area contributed by atoms with E-state index in [1.807, 2.05) is 0 Å². The van der Waals surface area contributed by atoms with E-state index < -0.39 is 68.9 Å². The minimum Gasteiger partial charge on any atom is -0.604 e. The Balaban J connectivity index is 1.36. The van der Waals surface area contributed by atoms with E-state index in [4.69, 9.17) is 5.11 Å². The Kier molecular flexibility index (Phi) is 7.68.